The van der Waals surface area contributed by atoms with Gasteiger partial charge in [-0.25, -0.2) is 4.98 Å². The summed E-state index contributed by atoms with van der Waals surface area (Å²) in [5.74, 6) is 2.82. The number of aromatic amines is 1. The van der Waals surface area contributed by atoms with Crippen molar-refractivity contribution in [2.75, 3.05) is 12.9 Å². The number of nitrogens with zero attached hydrogens (tertiary/aromatic N) is 2. The molecule has 1 aromatic carbocycles. The van der Waals surface area contributed by atoms with Crippen LogP contribution in [-0.4, -0.2) is 28.0 Å². The van der Waals surface area contributed by atoms with Gasteiger partial charge in [0, 0.05) is 12.2 Å². The Bertz CT molecular complexity index is 525. The molecule has 2 rings (SSSR count). The Morgan fingerprint density at radius 3 is 2.67 bits per heavy atom. The molecule has 0 aliphatic rings. The number of benzene rings is 1. The Balaban J connectivity index is 1.79. The maximum atomic E-state index is 5.15. The normalized spacial score (nSPS) is 10.8. The van der Waals surface area contributed by atoms with Crippen LogP contribution >= 0.6 is 11.8 Å². The van der Waals surface area contributed by atoms with E-state index in [1.807, 2.05) is 24.3 Å². The molecule has 0 aliphatic carbocycles. The smallest absolute Gasteiger partial charge is 0.183 e. The zero-order valence-corrected chi connectivity index (χ0v) is 13.6. The van der Waals surface area contributed by atoms with E-state index >= 15 is 0 Å². The van der Waals surface area contributed by atoms with Crippen LogP contribution in [0, 0.1) is 0 Å². The second-order valence-corrected chi connectivity index (χ2v) is 6.07. The van der Waals surface area contributed by atoms with Crippen LogP contribution in [0.15, 0.2) is 29.4 Å². The third-order valence-electron chi connectivity index (χ3n) is 3.27. The predicted molar refractivity (Wildman–Crippen MR) is 87.0 cm³/mol. The molecule has 0 saturated carbocycles. The highest BCUT2D eigenvalue weighted by Gasteiger charge is 2.05. The monoisotopic (exact) mass is 305 g/mol. The molecule has 0 radical (unpaired) electrons. The van der Waals surface area contributed by atoms with E-state index in [1.165, 1.54) is 31.2 Å². The highest BCUT2D eigenvalue weighted by molar-refractivity contribution is 7.99. The van der Waals surface area contributed by atoms with Crippen LogP contribution in [0.2, 0.25) is 0 Å². The van der Waals surface area contributed by atoms with Crippen LogP contribution in [0.1, 0.15) is 44.0 Å². The first-order valence-electron chi connectivity index (χ1n) is 7.49. The number of thioether (sulfide) groups is 1. The van der Waals surface area contributed by atoms with E-state index in [4.69, 9.17) is 4.74 Å². The number of rotatable bonds is 9. The van der Waals surface area contributed by atoms with Gasteiger partial charge in [-0.2, -0.15) is 5.10 Å². The Morgan fingerprint density at radius 1 is 1.14 bits per heavy atom. The fourth-order valence-electron chi connectivity index (χ4n) is 2.05. The minimum absolute atomic E-state index is 0.747. The minimum Gasteiger partial charge on any atom is -0.497 e. The maximum absolute atomic E-state index is 5.15. The van der Waals surface area contributed by atoms with E-state index < -0.39 is 0 Å². The minimum atomic E-state index is 0.747. The van der Waals surface area contributed by atoms with Crippen LogP contribution in [0.4, 0.5) is 0 Å². The number of H-pyrrole nitrogens is 1. The molecule has 1 heterocycles. The lowest BCUT2D eigenvalue weighted by Gasteiger charge is -2.00. The number of hydrogen-bond acceptors (Lipinski definition) is 4. The van der Waals surface area contributed by atoms with Gasteiger partial charge >= 0.3 is 0 Å². The first-order chi connectivity index (χ1) is 10.3. The summed E-state index contributed by atoms with van der Waals surface area (Å²) in [6.07, 6.45) is 5.89. The van der Waals surface area contributed by atoms with Gasteiger partial charge in [-0.3, -0.25) is 5.10 Å². The van der Waals surface area contributed by atoms with E-state index in [9.17, 15) is 0 Å². The van der Waals surface area contributed by atoms with Crippen LogP contribution < -0.4 is 4.74 Å². The van der Waals surface area contributed by atoms with Crippen molar-refractivity contribution in [2.45, 2.75) is 44.2 Å². The van der Waals surface area contributed by atoms with Crippen LogP contribution in [-0.2, 0) is 6.42 Å². The summed E-state index contributed by atoms with van der Waals surface area (Å²) in [7, 11) is 1.67. The third kappa shape index (κ3) is 5.42. The molecule has 0 atom stereocenters. The molecule has 114 valence electrons. The average Bonchev–Trinajstić information content (AvgIpc) is 2.95. The number of unbranched alkanes of at least 4 members (excludes halogenated alkanes) is 3. The summed E-state index contributed by atoms with van der Waals surface area (Å²) in [5, 5.41) is 8.22. The molecule has 0 fully saturated rings. The van der Waals surface area contributed by atoms with Gasteiger partial charge < -0.3 is 4.74 Å². The molecule has 0 bridgehead atoms. The van der Waals surface area contributed by atoms with Crippen molar-refractivity contribution in [3.63, 3.8) is 0 Å². The summed E-state index contributed by atoms with van der Waals surface area (Å²) >= 11 is 1.76. The quantitative estimate of drug-likeness (QED) is 0.560. The van der Waals surface area contributed by atoms with Crippen molar-refractivity contribution in [1.82, 2.24) is 15.2 Å². The van der Waals surface area contributed by atoms with Gasteiger partial charge in [0.1, 0.15) is 5.75 Å². The summed E-state index contributed by atoms with van der Waals surface area (Å²) in [4.78, 5) is 4.53. The molecule has 5 heteroatoms. The van der Waals surface area contributed by atoms with Crippen molar-refractivity contribution in [3.8, 4) is 5.75 Å². The van der Waals surface area contributed by atoms with Crippen LogP contribution in [0.5, 0.6) is 5.75 Å². The van der Waals surface area contributed by atoms with E-state index in [1.54, 1.807) is 18.9 Å². The Labute approximate surface area is 130 Å². The molecule has 21 heavy (non-hydrogen) atoms. The molecule has 2 aromatic rings. The molecule has 0 amide bonds. The second-order valence-electron chi connectivity index (χ2n) is 4.99. The van der Waals surface area contributed by atoms with Gasteiger partial charge in [0.25, 0.3) is 0 Å². The van der Waals surface area contributed by atoms with Gasteiger partial charge in [0.2, 0.25) is 0 Å². The summed E-state index contributed by atoms with van der Waals surface area (Å²) < 4.78 is 5.15. The Hall–Kier alpha value is -1.49. The van der Waals surface area contributed by atoms with Crippen molar-refractivity contribution in [3.05, 3.63) is 35.7 Å². The van der Waals surface area contributed by atoms with E-state index in [2.05, 4.69) is 22.1 Å². The fourth-order valence-corrected chi connectivity index (χ4v) is 2.87. The lowest BCUT2D eigenvalue weighted by atomic mass is 10.1. The van der Waals surface area contributed by atoms with E-state index in [-0.39, 0.29) is 0 Å². The number of ether oxygens (including phenoxy) is 1. The summed E-state index contributed by atoms with van der Waals surface area (Å²) in [5.41, 5.74) is 1.19. The highest BCUT2D eigenvalue weighted by Crippen LogP contribution is 2.17. The molecular weight excluding hydrogens is 282 g/mol. The molecule has 0 spiro atoms. The van der Waals surface area contributed by atoms with Crippen molar-refractivity contribution < 1.29 is 4.74 Å². The SMILES string of the molecule is CCCCCCSc1nc(Cc2ccc(OC)cc2)n[nH]1. The van der Waals surface area contributed by atoms with Crippen LogP contribution in [0.3, 0.4) is 0 Å². The molecule has 0 aliphatic heterocycles. The topological polar surface area (TPSA) is 50.8 Å². The van der Waals surface area contributed by atoms with Gasteiger partial charge in [0.05, 0.1) is 7.11 Å². The first-order valence-corrected chi connectivity index (χ1v) is 8.47. The van der Waals surface area contributed by atoms with E-state index in [0.29, 0.717) is 0 Å². The first kappa shape index (κ1) is 15.9. The summed E-state index contributed by atoms with van der Waals surface area (Å²) in [6, 6.07) is 8.02. The zero-order valence-electron chi connectivity index (χ0n) is 12.8. The average molecular weight is 305 g/mol. The van der Waals surface area contributed by atoms with Gasteiger partial charge in [-0.05, 0) is 24.1 Å². The maximum Gasteiger partial charge on any atom is 0.183 e. The van der Waals surface area contributed by atoms with Crippen LogP contribution in [0.25, 0.3) is 0 Å². The lowest BCUT2D eigenvalue weighted by molar-refractivity contribution is 0.414. The molecule has 0 unspecified atom stereocenters. The Morgan fingerprint density at radius 2 is 1.95 bits per heavy atom. The Kier molecular flexibility index (Phi) is 6.60. The third-order valence-corrected chi connectivity index (χ3v) is 4.22. The molecule has 1 aromatic heterocycles. The van der Waals surface area contributed by atoms with Gasteiger partial charge in [-0.15, -0.1) is 0 Å². The largest absolute Gasteiger partial charge is 0.497 e. The number of aromatic nitrogens is 3. The molecule has 0 saturated heterocycles. The van der Waals surface area contributed by atoms with Crippen molar-refractivity contribution in [2.24, 2.45) is 0 Å². The molecule has 1 N–H and O–H groups in total. The van der Waals surface area contributed by atoms with Crippen molar-refractivity contribution >= 4 is 11.8 Å². The number of methoxy groups -OCH3 is 1. The fraction of sp³-hybridized carbons (Fsp3) is 0.500. The zero-order chi connectivity index (χ0) is 14.9. The summed E-state index contributed by atoms with van der Waals surface area (Å²) in [6.45, 7) is 2.23. The standard InChI is InChI=1S/C16H23N3OS/c1-3-4-5-6-11-21-16-17-15(18-19-16)12-13-7-9-14(20-2)10-8-13/h7-10H,3-6,11-12H2,1-2H3,(H,17,18,19). The molecule has 4 nitrogen and oxygen atoms in total. The second kappa shape index (κ2) is 8.72. The van der Waals surface area contributed by atoms with Crippen molar-refractivity contribution in [1.29, 1.82) is 0 Å². The highest BCUT2D eigenvalue weighted by atomic mass is 32.2. The van der Waals surface area contributed by atoms with Gasteiger partial charge in [0.15, 0.2) is 11.0 Å². The number of nitrogens with one attached hydrogen (secondary N) is 1. The van der Waals surface area contributed by atoms with E-state index in [0.717, 1.165) is 28.9 Å². The molecular formula is C16H23N3OS. The predicted octanol–water partition coefficient (Wildman–Crippen LogP) is 4.08. The lowest BCUT2D eigenvalue weighted by Crippen LogP contribution is -1.91. The van der Waals surface area contributed by atoms with Gasteiger partial charge in [-0.1, -0.05) is 50.1 Å². The number of hydrogen-bond donors (Lipinski definition) is 1.